The number of nitrogens with zero attached hydrogens (tertiary/aromatic N) is 4. The van der Waals surface area contributed by atoms with Gasteiger partial charge in [0.2, 0.25) is 5.95 Å². The van der Waals surface area contributed by atoms with E-state index in [-0.39, 0.29) is 5.96 Å². The van der Waals surface area contributed by atoms with Crippen molar-refractivity contribution in [1.82, 2.24) is 24.8 Å². The van der Waals surface area contributed by atoms with E-state index in [1.54, 1.807) is 0 Å². The van der Waals surface area contributed by atoms with Crippen LogP contribution in [-0.2, 0) is 13.8 Å². The summed E-state index contributed by atoms with van der Waals surface area (Å²) in [5.41, 5.74) is 5.88. The first-order chi connectivity index (χ1) is 16.1. The lowest BCUT2D eigenvalue weighted by atomic mass is 10.1. The first-order valence-electron chi connectivity index (χ1n) is 10.5. The Bertz CT molecular complexity index is 1040. The van der Waals surface area contributed by atoms with Crippen molar-refractivity contribution in [3.63, 3.8) is 0 Å². The lowest BCUT2D eigenvalue weighted by molar-refractivity contribution is -0.0503. The van der Waals surface area contributed by atoms with Gasteiger partial charge in [0.15, 0.2) is 17.8 Å². The zero-order valence-corrected chi connectivity index (χ0v) is 19.9. The highest BCUT2D eigenvalue weighted by atomic mass is 32.1. The summed E-state index contributed by atoms with van der Waals surface area (Å²) in [4.78, 5) is 30.6. The average molecular weight is 521 g/mol. The number of guanidine groups is 1. The third kappa shape index (κ3) is 6.99. The lowest BCUT2D eigenvalue weighted by Crippen LogP contribution is -2.33. The predicted octanol–water partition coefficient (Wildman–Crippen LogP) is -0.701. The minimum absolute atomic E-state index is 0.0361. The molecule has 1 aliphatic rings. The van der Waals surface area contributed by atoms with Crippen LogP contribution in [0.3, 0.4) is 0 Å². The van der Waals surface area contributed by atoms with E-state index >= 15 is 0 Å². The van der Waals surface area contributed by atoms with Gasteiger partial charge in [0.05, 0.1) is 12.9 Å². The topological polar surface area (TPSA) is 234 Å². The third-order valence-electron chi connectivity index (χ3n) is 5.12. The van der Waals surface area contributed by atoms with Gasteiger partial charge in [-0.15, -0.1) is 12.6 Å². The van der Waals surface area contributed by atoms with E-state index in [4.69, 9.17) is 25.7 Å². The maximum Gasteiger partial charge on any atom is 0.469 e. The SMILES string of the molecule is N=C(N)NCCCCCCNc1nc(S)c2ncn([C@@H]3O[C@H](COP(=O)(O)O)[C@H](O)C3O)c2n1. The van der Waals surface area contributed by atoms with Gasteiger partial charge in [-0.3, -0.25) is 14.5 Å². The Balaban J connectivity index is 1.61. The van der Waals surface area contributed by atoms with E-state index in [0.717, 1.165) is 25.7 Å². The maximum absolute atomic E-state index is 10.9. The molecule has 1 unspecified atom stereocenters. The molecule has 4 atom stereocenters. The van der Waals surface area contributed by atoms with Crippen LogP contribution in [0.5, 0.6) is 0 Å². The summed E-state index contributed by atoms with van der Waals surface area (Å²) in [7, 11) is -4.77. The number of imidazole rings is 1. The Kier molecular flexibility index (Phi) is 9.06. The van der Waals surface area contributed by atoms with Crippen molar-refractivity contribution in [2.75, 3.05) is 25.0 Å². The monoisotopic (exact) mass is 520 g/mol. The van der Waals surface area contributed by atoms with Gasteiger partial charge in [-0.1, -0.05) is 12.8 Å². The quantitative estimate of drug-likeness (QED) is 0.0421. The number of phosphoric acid groups is 1. The Morgan fingerprint density at radius 3 is 2.62 bits per heavy atom. The summed E-state index contributed by atoms with van der Waals surface area (Å²) < 4.78 is 22.3. The van der Waals surface area contributed by atoms with Crippen molar-refractivity contribution in [2.45, 2.75) is 55.2 Å². The molecule has 2 aromatic heterocycles. The molecule has 1 aliphatic heterocycles. The van der Waals surface area contributed by atoms with E-state index in [0.29, 0.717) is 35.2 Å². The van der Waals surface area contributed by atoms with Crippen LogP contribution in [0.25, 0.3) is 11.2 Å². The number of hydrogen-bond acceptors (Lipinski definition) is 11. The normalized spacial score (nSPS) is 22.9. The first-order valence-corrected chi connectivity index (χ1v) is 12.5. The summed E-state index contributed by atoms with van der Waals surface area (Å²) in [5, 5.41) is 34.0. The molecule has 9 N–H and O–H groups in total. The molecule has 0 amide bonds. The molecule has 3 heterocycles. The highest BCUT2D eigenvalue weighted by molar-refractivity contribution is 7.80. The van der Waals surface area contributed by atoms with E-state index < -0.39 is 39.0 Å². The molecule has 3 rings (SSSR count). The number of rotatable bonds is 12. The largest absolute Gasteiger partial charge is 0.469 e. The lowest BCUT2D eigenvalue weighted by Gasteiger charge is -2.17. The average Bonchev–Trinajstić information content (AvgIpc) is 3.29. The molecule has 1 saturated heterocycles. The summed E-state index contributed by atoms with van der Waals surface area (Å²) in [5.74, 6) is 0.262. The minimum atomic E-state index is -4.77. The van der Waals surface area contributed by atoms with Crippen LogP contribution in [0.4, 0.5) is 5.95 Å². The Hall–Kier alpha value is -2.04. The van der Waals surface area contributed by atoms with E-state index in [1.165, 1.54) is 10.9 Å². The Morgan fingerprint density at radius 1 is 1.24 bits per heavy atom. The summed E-state index contributed by atoms with van der Waals surface area (Å²) in [6.07, 6.45) is -0.125. The number of nitrogens with two attached hydrogens (primary N) is 1. The van der Waals surface area contributed by atoms with Crippen molar-refractivity contribution in [3.8, 4) is 0 Å². The van der Waals surface area contributed by atoms with Gasteiger partial charge in [-0.25, -0.2) is 14.5 Å². The van der Waals surface area contributed by atoms with Crippen molar-refractivity contribution in [2.24, 2.45) is 5.73 Å². The van der Waals surface area contributed by atoms with Gasteiger partial charge >= 0.3 is 7.82 Å². The van der Waals surface area contributed by atoms with Crippen LogP contribution >= 0.6 is 20.5 Å². The van der Waals surface area contributed by atoms with Crippen LogP contribution in [0, 0.1) is 5.41 Å². The number of aromatic nitrogens is 4. The van der Waals surface area contributed by atoms with Gasteiger partial charge in [0.1, 0.15) is 28.9 Å². The van der Waals surface area contributed by atoms with Crippen LogP contribution < -0.4 is 16.4 Å². The second-order valence-corrected chi connectivity index (χ2v) is 9.37. The van der Waals surface area contributed by atoms with Crippen molar-refractivity contribution < 1.29 is 33.8 Å². The van der Waals surface area contributed by atoms with Gasteiger partial charge in [-0.05, 0) is 12.8 Å². The number of hydrogen-bond donors (Lipinski definition) is 9. The fourth-order valence-electron chi connectivity index (χ4n) is 3.46. The molecule has 17 heteroatoms. The number of aliphatic hydroxyl groups excluding tert-OH is 2. The van der Waals surface area contributed by atoms with Crippen LogP contribution in [0.15, 0.2) is 11.4 Å². The first kappa shape index (κ1) is 26.6. The van der Waals surface area contributed by atoms with Crippen molar-refractivity contribution in [3.05, 3.63) is 6.33 Å². The predicted molar refractivity (Wildman–Crippen MR) is 123 cm³/mol. The van der Waals surface area contributed by atoms with E-state index in [1.807, 2.05) is 0 Å². The number of phosphoric ester groups is 1. The van der Waals surface area contributed by atoms with Crippen LogP contribution in [0.2, 0.25) is 0 Å². The molecule has 0 aliphatic carbocycles. The fourth-order valence-corrected chi connectivity index (χ4v) is 4.05. The molecule has 1 fully saturated rings. The van der Waals surface area contributed by atoms with Crippen molar-refractivity contribution >= 4 is 43.5 Å². The molecule has 0 bridgehead atoms. The second kappa shape index (κ2) is 11.6. The van der Waals surface area contributed by atoms with Crippen LogP contribution in [0.1, 0.15) is 31.9 Å². The zero-order chi connectivity index (χ0) is 24.9. The molecule has 0 saturated carbocycles. The molecule has 15 nitrogen and oxygen atoms in total. The van der Waals surface area contributed by atoms with Crippen molar-refractivity contribution in [1.29, 1.82) is 5.41 Å². The molecule has 2 aromatic rings. The Labute approximate surface area is 200 Å². The zero-order valence-electron chi connectivity index (χ0n) is 18.1. The standard InChI is InChI=1S/C17H29N8O7PS/c18-16(19)20-5-3-1-2-4-6-21-17-23-13-10(14(34)24-17)22-8-25(13)15-12(27)11(26)9(32-15)7-31-33(28,29)30/h8-9,11-12,15,26-27H,1-7H2,(H4,18,19,20)(H2,28,29,30)(H2,21,23,24,34)/t9-,11+,12?,15-/m1/s1. The molecule has 0 radical (unpaired) electrons. The van der Waals surface area contributed by atoms with E-state index in [9.17, 15) is 14.8 Å². The number of thiol groups is 1. The van der Waals surface area contributed by atoms with Crippen LogP contribution in [-0.4, -0.2) is 83.5 Å². The summed E-state index contributed by atoms with van der Waals surface area (Å²) in [6.45, 7) is 0.651. The molecular weight excluding hydrogens is 491 g/mol. The third-order valence-corrected chi connectivity index (χ3v) is 5.92. The summed E-state index contributed by atoms with van der Waals surface area (Å²) in [6, 6.07) is 0. The fraction of sp³-hybridized carbons (Fsp3) is 0.647. The Morgan fingerprint density at radius 2 is 1.94 bits per heavy atom. The molecular formula is C17H29N8O7PS. The summed E-state index contributed by atoms with van der Waals surface area (Å²) >= 11 is 4.36. The molecule has 34 heavy (non-hydrogen) atoms. The van der Waals surface area contributed by atoms with Gasteiger partial charge in [0, 0.05) is 13.1 Å². The number of unbranched alkanes of at least 4 members (excludes halogenated alkanes) is 3. The number of aliphatic hydroxyl groups is 2. The van der Waals surface area contributed by atoms with Gasteiger partial charge in [0.25, 0.3) is 0 Å². The van der Waals surface area contributed by atoms with E-state index in [2.05, 4.69) is 42.7 Å². The maximum atomic E-state index is 10.9. The highest BCUT2D eigenvalue weighted by Crippen LogP contribution is 2.39. The second-order valence-electron chi connectivity index (χ2n) is 7.71. The molecule has 0 aromatic carbocycles. The molecule has 0 spiro atoms. The number of anilines is 1. The highest BCUT2D eigenvalue weighted by Gasteiger charge is 2.45. The van der Waals surface area contributed by atoms with Gasteiger partial charge < -0.3 is 41.1 Å². The van der Waals surface area contributed by atoms with Gasteiger partial charge in [-0.2, -0.15) is 4.98 Å². The number of fused-ring (bicyclic) bond motifs is 1. The smallest absolute Gasteiger partial charge is 0.387 e. The molecule has 190 valence electrons. The minimum Gasteiger partial charge on any atom is -0.387 e. The number of nitrogens with one attached hydrogen (secondary N) is 3. The number of ether oxygens (including phenoxy) is 1.